The lowest BCUT2D eigenvalue weighted by molar-refractivity contribution is 0.108. The topological polar surface area (TPSA) is 48.9 Å². The van der Waals surface area contributed by atoms with Gasteiger partial charge in [-0.2, -0.15) is 0 Å². The van der Waals surface area contributed by atoms with Crippen molar-refractivity contribution in [2.75, 3.05) is 39.9 Å². The summed E-state index contributed by atoms with van der Waals surface area (Å²) in [6.45, 7) is 13.0. The molecule has 0 saturated heterocycles. The standard InChI is InChI=1S/C17H36N4O.HI/c1-6-18-17(19-10-7-11-22-13-14(2)3)20-12-15(4)21(5)16-8-9-16;/h14-16H,6-13H2,1-5H3,(H2,18,19,20);1H. The van der Waals surface area contributed by atoms with Crippen LogP contribution in [0.3, 0.4) is 0 Å². The Kier molecular flexibility index (Phi) is 13.2. The van der Waals surface area contributed by atoms with Crippen molar-refractivity contribution in [1.82, 2.24) is 15.5 Å². The fourth-order valence-electron chi connectivity index (χ4n) is 2.24. The molecular formula is C17H37IN4O. The van der Waals surface area contributed by atoms with Crippen LogP contribution in [0.5, 0.6) is 0 Å². The lowest BCUT2D eigenvalue weighted by Crippen LogP contribution is -2.40. The van der Waals surface area contributed by atoms with Crippen LogP contribution >= 0.6 is 24.0 Å². The van der Waals surface area contributed by atoms with Gasteiger partial charge in [0, 0.05) is 38.4 Å². The number of halogens is 1. The monoisotopic (exact) mass is 440 g/mol. The Morgan fingerprint density at radius 2 is 1.96 bits per heavy atom. The van der Waals surface area contributed by atoms with Crippen LogP contribution < -0.4 is 10.6 Å². The van der Waals surface area contributed by atoms with Crippen LogP contribution in [0.1, 0.15) is 47.0 Å². The minimum absolute atomic E-state index is 0. The molecule has 0 heterocycles. The highest BCUT2D eigenvalue weighted by Gasteiger charge is 2.28. The molecular weight excluding hydrogens is 403 g/mol. The van der Waals surface area contributed by atoms with Gasteiger partial charge in [-0.15, -0.1) is 24.0 Å². The van der Waals surface area contributed by atoms with Crippen molar-refractivity contribution in [3.8, 4) is 0 Å². The summed E-state index contributed by atoms with van der Waals surface area (Å²) in [6.07, 6.45) is 3.70. The molecule has 1 fully saturated rings. The second-order valence-corrected chi connectivity index (χ2v) is 6.71. The van der Waals surface area contributed by atoms with Crippen LogP contribution in [0.25, 0.3) is 0 Å². The van der Waals surface area contributed by atoms with Crippen molar-refractivity contribution in [2.24, 2.45) is 10.9 Å². The van der Waals surface area contributed by atoms with Crippen LogP contribution in [0.15, 0.2) is 4.99 Å². The van der Waals surface area contributed by atoms with E-state index in [0.717, 1.165) is 51.3 Å². The van der Waals surface area contributed by atoms with Crippen LogP contribution in [-0.4, -0.2) is 62.8 Å². The quantitative estimate of drug-likeness (QED) is 0.225. The van der Waals surface area contributed by atoms with Crippen molar-refractivity contribution < 1.29 is 4.74 Å². The first-order chi connectivity index (χ1) is 10.5. The number of rotatable bonds is 11. The first-order valence-electron chi connectivity index (χ1n) is 8.86. The zero-order valence-electron chi connectivity index (χ0n) is 15.6. The van der Waals surface area contributed by atoms with Gasteiger partial charge in [0.2, 0.25) is 0 Å². The summed E-state index contributed by atoms with van der Waals surface area (Å²) in [4.78, 5) is 7.15. The summed E-state index contributed by atoms with van der Waals surface area (Å²) in [6, 6.07) is 1.29. The van der Waals surface area contributed by atoms with Gasteiger partial charge in [0.1, 0.15) is 0 Å². The minimum Gasteiger partial charge on any atom is -0.381 e. The van der Waals surface area contributed by atoms with E-state index >= 15 is 0 Å². The highest BCUT2D eigenvalue weighted by molar-refractivity contribution is 14.0. The lowest BCUT2D eigenvalue weighted by Gasteiger charge is -2.23. The molecule has 1 atom stereocenters. The summed E-state index contributed by atoms with van der Waals surface area (Å²) in [5, 5.41) is 6.70. The Morgan fingerprint density at radius 3 is 2.52 bits per heavy atom. The van der Waals surface area contributed by atoms with Crippen LogP contribution in [0.4, 0.5) is 0 Å². The Balaban J connectivity index is 0.00000484. The number of likely N-dealkylation sites (N-methyl/N-ethyl adjacent to an activating group) is 1. The molecule has 0 aromatic carbocycles. The molecule has 1 aliphatic carbocycles. The highest BCUT2D eigenvalue weighted by Crippen LogP contribution is 2.26. The molecule has 6 heteroatoms. The molecule has 2 N–H and O–H groups in total. The third kappa shape index (κ3) is 11.2. The molecule has 0 aromatic rings. The van der Waals surface area contributed by atoms with Crippen molar-refractivity contribution in [3.05, 3.63) is 0 Å². The van der Waals surface area contributed by atoms with E-state index in [1.54, 1.807) is 0 Å². The Hall–Kier alpha value is -0.0800. The summed E-state index contributed by atoms with van der Waals surface area (Å²) in [7, 11) is 2.21. The van der Waals surface area contributed by atoms with Gasteiger partial charge < -0.3 is 15.4 Å². The molecule has 1 unspecified atom stereocenters. The van der Waals surface area contributed by atoms with E-state index in [9.17, 15) is 0 Å². The maximum Gasteiger partial charge on any atom is 0.191 e. The Labute approximate surface area is 160 Å². The van der Waals surface area contributed by atoms with Crippen LogP contribution in [-0.2, 0) is 4.74 Å². The van der Waals surface area contributed by atoms with E-state index in [1.807, 2.05) is 0 Å². The van der Waals surface area contributed by atoms with Gasteiger partial charge in [0.05, 0.1) is 6.54 Å². The van der Waals surface area contributed by atoms with Crippen molar-refractivity contribution in [3.63, 3.8) is 0 Å². The summed E-state index contributed by atoms with van der Waals surface area (Å²) < 4.78 is 5.59. The number of hydrogen-bond acceptors (Lipinski definition) is 3. The largest absolute Gasteiger partial charge is 0.381 e. The molecule has 1 aliphatic rings. The number of hydrogen-bond donors (Lipinski definition) is 2. The van der Waals surface area contributed by atoms with Crippen molar-refractivity contribution in [2.45, 2.75) is 59.0 Å². The van der Waals surface area contributed by atoms with Gasteiger partial charge in [-0.3, -0.25) is 9.89 Å². The van der Waals surface area contributed by atoms with Crippen LogP contribution in [0.2, 0.25) is 0 Å². The number of ether oxygens (including phenoxy) is 1. The van der Waals surface area contributed by atoms with Gasteiger partial charge >= 0.3 is 0 Å². The third-order valence-electron chi connectivity index (χ3n) is 3.89. The van der Waals surface area contributed by atoms with Gasteiger partial charge in [-0.1, -0.05) is 13.8 Å². The van der Waals surface area contributed by atoms with E-state index in [4.69, 9.17) is 9.73 Å². The molecule has 1 saturated carbocycles. The van der Waals surface area contributed by atoms with E-state index in [2.05, 4.69) is 50.3 Å². The van der Waals surface area contributed by atoms with Crippen LogP contribution in [0, 0.1) is 5.92 Å². The molecule has 0 bridgehead atoms. The number of aliphatic imine (C=N–C) groups is 1. The lowest BCUT2D eigenvalue weighted by atomic mass is 10.2. The van der Waals surface area contributed by atoms with Gasteiger partial charge in [-0.25, -0.2) is 0 Å². The summed E-state index contributed by atoms with van der Waals surface area (Å²) in [5.41, 5.74) is 0. The fraction of sp³-hybridized carbons (Fsp3) is 0.941. The average molecular weight is 440 g/mol. The average Bonchev–Trinajstić information content (AvgIpc) is 3.31. The Bertz CT molecular complexity index is 322. The second-order valence-electron chi connectivity index (χ2n) is 6.71. The highest BCUT2D eigenvalue weighted by atomic mass is 127. The smallest absolute Gasteiger partial charge is 0.191 e. The van der Waals surface area contributed by atoms with Crippen molar-refractivity contribution in [1.29, 1.82) is 0 Å². The molecule has 0 aliphatic heterocycles. The first kappa shape index (κ1) is 22.9. The molecule has 5 nitrogen and oxygen atoms in total. The minimum atomic E-state index is 0. The molecule has 1 rings (SSSR count). The van der Waals surface area contributed by atoms with Crippen molar-refractivity contribution >= 4 is 29.9 Å². The molecule has 0 aromatic heterocycles. The van der Waals surface area contributed by atoms with Gasteiger partial charge in [0.15, 0.2) is 5.96 Å². The van der Waals surface area contributed by atoms with Gasteiger partial charge in [0.25, 0.3) is 0 Å². The maximum atomic E-state index is 5.59. The number of nitrogens with zero attached hydrogens (tertiary/aromatic N) is 2. The molecule has 138 valence electrons. The van der Waals surface area contributed by atoms with E-state index < -0.39 is 0 Å². The summed E-state index contributed by atoms with van der Waals surface area (Å²) >= 11 is 0. The number of nitrogens with one attached hydrogen (secondary N) is 2. The zero-order chi connectivity index (χ0) is 16.4. The SMILES string of the molecule is CCNC(=NCC(C)N(C)C1CC1)NCCCOCC(C)C.I. The third-order valence-corrected chi connectivity index (χ3v) is 3.89. The normalized spacial score (nSPS) is 16.4. The van der Waals surface area contributed by atoms with E-state index in [1.165, 1.54) is 12.8 Å². The number of guanidine groups is 1. The predicted molar refractivity (Wildman–Crippen MR) is 110 cm³/mol. The van der Waals surface area contributed by atoms with E-state index in [0.29, 0.717) is 12.0 Å². The first-order valence-corrected chi connectivity index (χ1v) is 8.86. The molecule has 0 radical (unpaired) electrons. The molecule has 0 amide bonds. The Morgan fingerprint density at radius 1 is 1.26 bits per heavy atom. The molecule has 0 spiro atoms. The maximum absolute atomic E-state index is 5.59. The molecule has 23 heavy (non-hydrogen) atoms. The van der Waals surface area contributed by atoms with E-state index in [-0.39, 0.29) is 24.0 Å². The predicted octanol–water partition coefficient (Wildman–Crippen LogP) is 2.70. The fourth-order valence-corrected chi connectivity index (χ4v) is 2.24. The zero-order valence-corrected chi connectivity index (χ0v) is 17.9. The van der Waals surface area contributed by atoms with Gasteiger partial charge in [-0.05, 0) is 46.1 Å². The summed E-state index contributed by atoms with van der Waals surface area (Å²) in [5.74, 6) is 1.53. The second kappa shape index (κ2) is 13.2.